The van der Waals surface area contributed by atoms with Crippen LogP contribution in [0.2, 0.25) is 0 Å². The Labute approximate surface area is 469 Å². The smallest absolute Gasteiger partial charge is 0.332 e. The van der Waals surface area contributed by atoms with Gasteiger partial charge in [0.05, 0.1) is 6.10 Å². The van der Waals surface area contributed by atoms with Gasteiger partial charge in [0.2, 0.25) is 41.4 Å². The van der Waals surface area contributed by atoms with Crippen LogP contribution >= 0.6 is 0 Å². The molecule has 0 spiro atoms. The zero-order valence-electron chi connectivity index (χ0n) is 49.6. The molecule has 2 aliphatic rings. The lowest BCUT2D eigenvalue weighted by atomic mass is 9.94. The van der Waals surface area contributed by atoms with E-state index < -0.39 is 137 Å². The number of benzene rings is 2. The number of cyclic esters (lactones) is 1. The minimum absolute atomic E-state index is 0.00397. The average molecular weight is 1100 g/mol. The number of hydrogen-bond donors (Lipinski definition) is 4. The highest BCUT2D eigenvalue weighted by molar-refractivity contribution is 5.99. The van der Waals surface area contributed by atoms with E-state index in [0.717, 1.165) is 10.5 Å². The summed E-state index contributed by atoms with van der Waals surface area (Å²) in [5.74, 6) is -8.54. The molecule has 438 valence electrons. The van der Waals surface area contributed by atoms with Crippen molar-refractivity contribution in [3.8, 4) is 0 Å². The van der Waals surface area contributed by atoms with E-state index in [1.165, 1.54) is 47.8 Å². The van der Waals surface area contributed by atoms with Gasteiger partial charge in [0, 0.05) is 53.5 Å². The standard InChI is InChI=1S/C60H92N8O11/c1-16-38(10)47-58(76)65(13)48(36(6)7)53(71)61-42(32-35(4)5)56(74)67(15)50(46(69)18-3)60(78)79-51(39(11)17-2)59(77)66(14)49(37(8)9)54(72)62-43(33-40-26-21-19-22-27-40)55(73)64(12)45(34-41-28-23-20-24-29-41)57(75)68-31-25-30-44(68)52(70)63-47/h19-24,26-29,35-39,42-51,69H,16-18,25,30-34H2,1-15H3,(H,61,71)(H,62,72)(H,63,70)/t38-,39-,42-,43-,44?,45-,46+,47-,48-,49-,50-,51+/m0/s1. The Morgan fingerprint density at radius 2 is 1.03 bits per heavy atom. The Morgan fingerprint density at radius 3 is 1.52 bits per heavy atom. The molecule has 0 aromatic heterocycles. The number of nitrogens with zero attached hydrogens (tertiary/aromatic N) is 5. The van der Waals surface area contributed by atoms with E-state index in [9.17, 15) is 38.7 Å². The van der Waals surface area contributed by atoms with E-state index in [1.54, 1.807) is 60.6 Å². The quantitative estimate of drug-likeness (QED) is 0.194. The van der Waals surface area contributed by atoms with Crippen molar-refractivity contribution in [3.05, 3.63) is 71.8 Å². The largest absolute Gasteiger partial charge is 0.450 e. The first-order valence-corrected chi connectivity index (χ1v) is 28.5. The Balaban J connectivity index is 1.97. The Hall–Kier alpha value is -6.37. The maximum atomic E-state index is 15.3. The predicted octanol–water partition coefficient (Wildman–Crippen LogP) is 4.37. The van der Waals surface area contributed by atoms with Crippen LogP contribution in [0.1, 0.15) is 126 Å². The highest BCUT2D eigenvalue weighted by Crippen LogP contribution is 2.26. The minimum Gasteiger partial charge on any atom is -0.450 e. The zero-order chi connectivity index (χ0) is 59.2. The number of fused-ring (bicyclic) bond motifs is 1. The summed E-state index contributed by atoms with van der Waals surface area (Å²) in [5, 5.41) is 20.3. The molecule has 4 N–H and O–H groups in total. The third-order valence-electron chi connectivity index (χ3n) is 16.0. The predicted molar refractivity (Wildman–Crippen MR) is 301 cm³/mol. The van der Waals surface area contributed by atoms with Crippen molar-refractivity contribution in [1.82, 2.24) is 40.4 Å². The summed E-state index contributed by atoms with van der Waals surface area (Å²) in [6.07, 6.45) is -1.35. The number of nitrogens with one attached hydrogen (secondary N) is 3. The number of aliphatic hydroxyl groups excluding tert-OH is 1. The van der Waals surface area contributed by atoms with Crippen LogP contribution in [0.3, 0.4) is 0 Å². The van der Waals surface area contributed by atoms with Crippen LogP contribution in [0, 0.1) is 29.6 Å². The molecule has 4 rings (SSSR count). The Kier molecular flexibility index (Phi) is 24.5. The second kappa shape index (κ2) is 29.7. The second-order valence-corrected chi connectivity index (χ2v) is 23.0. The summed E-state index contributed by atoms with van der Waals surface area (Å²) >= 11 is 0. The summed E-state index contributed by atoms with van der Waals surface area (Å²) < 4.78 is 6.09. The number of carbonyl (C=O) groups is 9. The van der Waals surface area contributed by atoms with Crippen molar-refractivity contribution in [1.29, 1.82) is 0 Å². The number of rotatable bonds is 14. The first-order valence-electron chi connectivity index (χ1n) is 28.5. The van der Waals surface area contributed by atoms with Crippen molar-refractivity contribution >= 4 is 53.2 Å². The third kappa shape index (κ3) is 16.4. The molecule has 2 aromatic rings. The number of carbonyl (C=O) groups excluding carboxylic acids is 9. The topological polar surface area (TPSA) is 235 Å². The maximum absolute atomic E-state index is 15.3. The third-order valence-corrected chi connectivity index (χ3v) is 16.0. The van der Waals surface area contributed by atoms with E-state index in [1.807, 2.05) is 76.2 Å². The van der Waals surface area contributed by atoms with Gasteiger partial charge >= 0.3 is 5.97 Å². The van der Waals surface area contributed by atoms with E-state index in [0.29, 0.717) is 24.8 Å². The number of amides is 8. The number of likely N-dealkylation sites (N-methyl/N-ethyl adjacent to an activating group) is 4. The normalized spacial score (nSPS) is 26.7. The number of ether oxygens (including phenoxy) is 1. The van der Waals surface area contributed by atoms with Gasteiger partial charge in [0.25, 0.3) is 5.91 Å². The summed E-state index contributed by atoms with van der Waals surface area (Å²) in [7, 11) is 5.69. The van der Waals surface area contributed by atoms with Gasteiger partial charge in [0.15, 0.2) is 12.1 Å². The molecule has 2 heterocycles. The van der Waals surface area contributed by atoms with Crippen molar-refractivity contribution < 1.29 is 53.0 Å². The fraction of sp³-hybridized carbons (Fsp3) is 0.650. The molecule has 2 aromatic carbocycles. The molecular weight excluding hydrogens is 1010 g/mol. The minimum atomic E-state index is -1.65. The fourth-order valence-electron chi connectivity index (χ4n) is 10.9. The maximum Gasteiger partial charge on any atom is 0.332 e. The van der Waals surface area contributed by atoms with E-state index >= 15 is 9.59 Å². The summed E-state index contributed by atoms with van der Waals surface area (Å²) in [4.78, 5) is 140. The number of aliphatic hydroxyl groups is 1. The monoisotopic (exact) mass is 1100 g/mol. The first kappa shape index (κ1) is 65.2. The lowest BCUT2D eigenvalue weighted by Gasteiger charge is -2.38. The molecular formula is C60H92N8O11. The van der Waals surface area contributed by atoms with Gasteiger partial charge in [-0.3, -0.25) is 38.4 Å². The lowest BCUT2D eigenvalue weighted by molar-refractivity contribution is -0.174. The molecule has 2 fully saturated rings. The van der Waals surface area contributed by atoms with Gasteiger partial charge in [-0.1, -0.05) is 143 Å². The van der Waals surface area contributed by atoms with Gasteiger partial charge in [0.1, 0.15) is 42.3 Å². The lowest BCUT2D eigenvalue weighted by Crippen LogP contribution is -2.62. The van der Waals surface area contributed by atoms with Gasteiger partial charge in [-0.05, 0) is 66.9 Å². The average Bonchev–Trinajstić information content (AvgIpc) is 3.93. The van der Waals surface area contributed by atoms with Crippen LogP contribution in [0.5, 0.6) is 0 Å². The number of esters is 1. The molecule has 1 unspecified atom stereocenters. The summed E-state index contributed by atoms with van der Waals surface area (Å²) in [6, 6.07) is 8.23. The van der Waals surface area contributed by atoms with Crippen LogP contribution in [-0.4, -0.2) is 178 Å². The fourth-order valence-corrected chi connectivity index (χ4v) is 10.9. The Bertz CT molecular complexity index is 2400. The van der Waals surface area contributed by atoms with Crippen LogP contribution in [0.25, 0.3) is 0 Å². The van der Waals surface area contributed by atoms with Crippen molar-refractivity contribution in [2.75, 3.05) is 34.7 Å². The highest BCUT2D eigenvalue weighted by Gasteiger charge is 2.46. The van der Waals surface area contributed by atoms with Crippen LogP contribution in [0.15, 0.2) is 60.7 Å². The SMILES string of the molecule is CC[C@@H](O)[C@H]1C(=O)O[C@H]([C@@H](C)CC)C(=O)N(C)[C@@H](C(C)C)C(=O)N[C@@H](Cc2ccccc2)C(=O)N(C)[C@@H](Cc2ccccc2)C(=O)N2CCCC2C(=O)N[C@@H]([C@@H](C)CC)C(=O)N(C)[C@@H](C(C)C)C(=O)N[C@@H](CC(C)C)C(=O)N1C. The van der Waals surface area contributed by atoms with Crippen molar-refractivity contribution in [2.24, 2.45) is 29.6 Å². The van der Waals surface area contributed by atoms with E-state index in [2.05, 4.69) is 16.0 Å². The molecule has 19 nitrogen and oxygen atoms in total. The zero-order valence-corrected chi connectivity index (χ0v) is 49.6. The molecule has 12 atom stereocenters. The van der Waals surface area contributed by atoms with Gasteiger partial charge in [-0.2, -0.15) is 0 Å². The summed E-state index contributed by atoms with van der Waals surface area (Å²) in [6.45, 7) is 19.7. The van der Waals surface area contributed by atoms with Crippen LogP contribution in [-0.2, 0) is 60.7 Å². The molecule has 19 heteroatoms. The van der Waals surface area contributed by atoms with Gasteiger partial charge in [-0.15, -0.1) is 0 Å². The molecule has 0 bridgehead atoms. The van der Waals surface area contributed by atoms with E-state index in [-0.39, 0.29) is 44.6 Å². The molecule has 8 amide bonds. The van der Waals surface area contributed by atoms with Gasteiger partial charge < -0.3 is 50.3 Å². The van der Waals surface area contributed by atoms with Crippen LogP contribution < -0.4 is 16.0 Å². The van der Waals surface area contributed by atoms with Crippen molar-refractivity contribution in [3.63, 3.8) is 0 Å². The second-order valence-electron chi connectivity index (χ2n) is 23.0. The molecule has 2 aliphatic heterocycles. The van der Waals surface area contributed by atoms with E-state index in [4.69, 9.17) is 4.74 Å². The number of hydrogen-bond acceptors (Lipinski definition) is 11. The van der Waals surface area contributed by atoms with Gasteiger partial charge in [-0.25, -0.2) is 4.79 Å². The van der Waals surface area contributed by atoms with Crippen molar-refractivity contribution in [2.45, 2.75) is 188 Å². The molecule has 79 heavy (non-hydrogen) atoms. The molecule has 0 saturated carbocycles. The molecule has 0 aliphatic carbocycles. The molecule has 2 saturated heterocycles. The highest BCUT2D eigenvalue weighted by atomic mass is 16.6. The van der Waals surface area contributed by atoms with Crippen LogP contribution in [0.4, 0.5) is 0 Å². The summed E-state index contributed by atoms with van der Waals surface area (Å²) in [5.41, 5.74) is 1.42. The first-order chi connectivity index (χ1) is 37.2. The molecule has 0 radical (unpaired) electrons. The Morgan fingerprint density at radius 1 is 0.544 bits per heavy atom.